The highest BCUT2D eigenvalue weighted by atomic mass is 32.2. The molecule has 1 atom stereocenters. The zero-order chi connectivity index (χ0) is 24.9. The number of alkyl halides is 5. The number of nitrogens with one attached hydrogen (secondary N) is 1. The summed E-state index contributed by atoms with van der Waals surface area (Å²) in [7, 11) is -3.62. The van der Waals surface area contributed by atoms with Gasteiger partial charge in [0, 0.05) is 18.9 Å². The Kier molecular flexibility index (Phi) is 8.41. The Morgan fingerprint density at radius 3 is 2.45 bits per heavy atom. The van der Waals surface area contributed by atoms with Crippen molar-refractivity contribution in [3.63, 3.8) is 0 Å². The number of nitrogens with zero attached hydrogens (tertiary/aromatic N) is 1. The van der Waals surface area contributed by atoms with Crippen molar-refractivity contribution in [2.24, 2.45) is 0 Å². The lowest BCUT2D eigenvalue weighted by Crippen LogP contribution is -2.41. The van der Waals surface area contributed by atoms with Crippen LogP contribution in [0.3, 0.4) is 0 Å². The first-order valence-corrected chi connectivity index (χ1v) is 11.3. The first-order valence-electron chi connectivity index (χ1n) is 9.52. The monoisotopic (exact) mass is 500 g/mol. The highest BCUT2D eigenvalue weighted by Crippen LogP contribution is 2.37. The fraction of sp³-hybridized carbons (Fsp3) is 0.474. The second-order valence-electron chi connectivity index (χ2n) is 7.18. The Hall–Kier alpha value is -2.74. The van der Waals surface area contributed by atoms with Crippen molar-refractivity contribution >= 4 is 9.84 Å². The predicted octanol–water partition coefficient (Wildman–Crippen LogP) is 2.65. The standard InChI is InChI=1S/C19H21F5N2O6S/c1-13(14-4-2-5-15(10-14)32-19(23,24)18(20,21)22)11-33(29,30)9-3-8-31-12-26-7-6-16(27)25-17(26)28/h2,4-7,10,13H,3,8-9,11-12H2,1H3,(H,25,27,28)/t13-/m0/s1. The van der Waals surface area contributed by atoms with Gasteiger partial charge in [-0.2, -0.15) is 22.0 Å². The van der Waals surface area contributed by atoms with Gasteiger partial charge < -0.3 is 9.47 Å². The topological polar surface area (TPSA) is 107 Å². The average Bonchev–Trinajstić information content (AvgIpc) is 2.68. The van der Waals surface area contributed by atoms with E-state index in [1.54, 1.807) is 0 Å². The van der Waals surface area contributed by atoms with Crippen molar-refractivity contribution in [2.75, 3.05) is 18.1 Å². The van der Waals surface area contributed by atoms with Gasteiger partial charge in [0.2, 0.25) is 0 Å². The number of hydrogen-bond acceptors (Lipinski definition) is 6. The minimum atomic E-state index is -5.90. The van der Waals surface area contributed by atoms with Crippen LogP contribution in [-0.4, -0.2) is 48.4 Å². The summed E-state index contributed by atoms with van der Waals surface area (Å²) in [6.45, 7) is 1.29. The van der Waals surface area contributed by atoms with Crippen LogP contribution in [0.15, 0.2) is 46.1 Å². The molecule has 1 N–H and O–H groups in total. The molecule has 2 aromatic rings. The Balaban J connectivity index is 1.87. The van der Waals surface area contributed by atoms with Gasteiger partial charge in [-0.15, -0.1) is 0 Å². The molecule has 1 aromatic heterocycles. The van der Waals surface area contributed by atoms with Crippen molar-refractivity contribution in [3.05, 3.63) is 62.9 Å². The second-order valence-corrected chi connectivity index (χ2v) is 9.40. The van der Waals surface area contributed by atoms with Crippen LogP contribution in [0, 0.1) is 0 Å². The van der Waals surface area contributed by atoms with Gasteiger partial charge in [-0.3, -0.25) is 14.3 Å². The molecule has 0 radical (unpaired) electrons. The van der Waals surface area contributed by atoms with Gasteiger partial charge >= 0.3 is 18.0 Å². The first kappa shape index (κ1) is 26.5. The van der Waals surface area contributed by atoms with Crippen molar-refractivity contribution in [3.8, 4) is 5.75 Å². The van der Waals surface area contributed by atoms with Gasteiger partial charge in [-0.1, -0.05) is 19.1 Å². The Morgan fingerprint density at radius 1 is 1.12 bits per heavy atom. The van der Waals surface area contributed by atoms with E-state index in [2.05, 4.69) is 4.74 Å². The summed E-state index contributed by atoms with van der Waals surface area (Å²) < 4.78 is 97.8. The molecule has 0 bridgehead atoms. The number of hydrogen-bond donors (Lipinski definition) is 1. The molecule has 33 heavy (non-hydrogen) atoms. The highest BCUT2D eigenvalue weighted by Gasteiger charge is 2.61. The minimum Gasteiger partial charge on any atom is -0.426 e. The molecule has 0 aliphatic heterocycles. The van der Waals surface area contributed by atoms with Crippen molar-refractivity contribution in [2.45, 2.75) is 38.3 Å². The molecule has 2 rings (SSSR count). The number of sulfone groups is 1. The predicted molar refractivity (Wildman–Crippen MR) is 107 cm³/mol. The number of aromatic nitrogens is 2. The van der Waals surface area contributed by atoms with E-state index >= 15 is 0 Å². The summed E-state index contributed by atoms with van der Waals surface area (Å²) in [5.74, 6) is -2.12. The molecule has 0 unspecified atom stereocenters. The maximum absolute atomic E-state index is 13.1. The van der Waals surface area contributed by atoms with Crippen LogP contribution in [0.4, 0.5) is 22.0 Å². The summed E-state index contributed by atoms with van der Waals surface area (Å²) in [5.41, 5.74) is -1.03. The van der Waals surface area contributed by atoms with Crippen LogP contribution < -0.4 is 16.0 Å². The smallest absolute Gasteiger partial charge is 0.426 e. The molecule has 0 amide bonds. The maximum Gasteiger partial charge on any atom is 0.499 e. The van der Waals surface area contributed by atoms with Crippen LogP contribution >= 0.6 is 0 Å². The zero-order valence-electron chi connectivity index (χ0n) is 17.3. The van der Waals surface area contributed by atoms with Gasteiger partial charge in [-0.25, -0.2) is 13.2 Å². The molecular weight excluding hydrogens is 479 g/mol. The number of halogens is 5. The van der Waals surface area contributed by atoms with Crippen LogP contribution in [0.25, 0.3) is 0 Å². The summed E-state index contributed by atoms with van der Waals surface area (Å²) in [6.07, 6.45) is -9.97. The molecule has 0 spiro atoms. The fourth-order valence-electron chi connectivity index (χ4n) is 2.74. The molecule has 8 nitrogen and oxygen atoms in total. The number of aromatic amines is 1. The lowest BCUT2D eigenvalue weighted by Gasteiger charge is -2.21. The lowest BCUT2D eigenvalue weighted by molar-refractivity contribution is -0.360. The summed E-state index contributed by atoms with van der Waals surface area (Å²) >= 11 is 0. The third-order valence-electron chi connectivity index (χ3n) is 4.38. The molecule has 14 heteroatoms. The van der Waals surface area contributed by atoms with E-state index in [0.717, 1.165) is 22.8 Å². The first-order chi connectivity index (χ1) is 15.2. The third-order valence-corrected chi connectivity index (χ3v) is 6.30. The van der Waals surface area contributed by atoms with E-state index in [4.69, 9.17) is 4.74 Å². The maximum atomic E-state index is 13.1. The number of rotatable bonds is 11. The van der Waals surface area contributed by atoms with Gasteiger partial charge in [0.05, 0.1) is 11.5 Å². The minimum absolute atomic E-state index is 0.00493. The van der Waals surface area contributed by atoms with Crippen molar-refractivity contribution < 1.29 is 39.8 Å². The average molecular weight is 500 g/mol. The van der Waals surface area contributed by atoms with Crippen LogP contribution in [0.5, 0.6) is 5.75 Å². The Morgan fingerprint density at radius 2 is 1.82 bits per heavy atom. The SMILES string of the molecule is C[C@@H](CS(=O)(=O)CCCOCn1ccc(=O)[nH]c1=O)c1cccc(OC(F)(F)C(F)(F)F)c1. The lowest BCUT2D eigenvalue weighted by atomic mass is 10.0. The summed E-state index contributed by atoms with van der Waals surface area (Å²) in [6, 6.07) is 5.55. The Bertz CT molecular complexity index is 1160. The van der Waals surface area contributed by atoms with Gasteiger partial charge in [0.15, 0.2) is 9.84 Å². The number of H-pyrrole nitrogens is 1. The molecule has 1 heterocycles. The van der Waals surface area contributed by atoms with E-state index in [1.165, 1.54) is 25.3 Å². The van der Waals surface area contributed by atoms with Gasteiger partial charge in [0.1, 0.15) is 12.5 Å². The third kappa shape index (κ3) is 7.96. The summed E-state index contributed by atoms with van der Waals surface area (Å²) in [5, 5.41) is 0. The molecule has 184 valence electrons. The largest absolute Gasteiger partial charge is 0.499 e. The van der Waals surface area contributed by atoms with Gasteiger partial charge in [-0.05, 0) is 30.0 Å². The van der Waals surface area contributed by atoms with E-state index < -0.39 is 45.0 Å². The quantitative estimate of drug-likeness (QED) is 0.376. The Labute approximate surface area is 184 Å². The zero-order valence-corrected chi connectivity index (χ0v) is 18.1. The molecule has 0 saturated heterocycles. The normalized spacial score (nSPS) is 13.6. The van der Waals surface area contributed by atoms with E-state index in [-0.39, 0.29) is 36.8 Å². The van der Waals surface area contributed by atoms with Crippen LogP contribution in [0.1, 0.15) is 24.8 Å². The second kappa shape index (κ2) is 10.5. The molecule has 0 aliphatic carbocycles. The van der Waals surface area contributed by atoms with E-state index in [9.17, 15) is 40.0 Å². The van der Waals surface area contributed by atoms with Gasteiger partial charge in [0.25, 0.3) is 5.56 Å². The van der Waals surface area contributed by atoms with Crippen LogP contribution in [-0.2, 0) is 21.3 Å². The van der Waals surface area contributed by atoms with Crippen LogP contribution in [0.2, 0.25) is 0 Å². The fourth-order valence-corrected chi connectivity index (χ4v) is 4.42. The molecule has 1 aromatic carbocycles. The van der Waals surface area contributed by atoms with Crippen molar-refractivity contribution in [1.82, 2.24) is 9.55 Å². The molecular formula is C19H21F5N2O6S. The molecule has 0 aliphatic rings. The van der Waals surface area contributed by atoms with Crippen molar-refractivity contribution in [1.29, 1.82) is 0 Å². The van der Waals surface area contributed by atoms with E-state index in [1.807, 2.05) is 4.98 Å². The molecule has 0 saturated carbocycles. The molecule has 0 fully saturated rings. The highest BCUT2D eigenvalue weighted by molar-refractivity contribution is 7.91. The van der Waals surface area contributed by atoms with E-state index in [0.29, 0.717) is 0 Å². The number of benzene rings is 1. The number of ether oxygens (including phenoxy) is 2. The summed E-state index contributed by atoms with van der Waals surface area (Å²) in [4.78, 5) is 24.5.